The van der Waals surface area contributed by atoms with Crippen LogP contribution in [-0.4, -0.2) is 45.2 Å². The van der Waals surface area contributed by atoms with Gasteiger partial charge in [-0.15, -0.1) is 5.10 Å². The first kappa shape index (κ1) is 31.0. The Hall–Kier alpha value is -3.57. The van der Waals surface area contributed by atoms with Crippen LogP contribution in [0.4, 0.5) is 0 Å². The minimum atomic E-state index is -1.03. The average Bonchev–Trinajstić information content (AvgIpc) is 2.95. The van der Waals surface area contributed by atoms with Crippen molar-refractivity contribution in [1.82, 2.24) is 15.5 Å². The van der Waals surface area contributed by atoms with Crippen LogP contribution in [0.3, 0.4) is 0 Å². The Morgan fingerprint density at radius 2 is 1.70 bits per heavy atom. The van der Waals surface area contributed by atoms with Gasteiger partial charge in [-0.2, -0.15) is 16.9 Å². The molecule has 0 aliphatic heterocycles. The number of carbonyl (C=O) groups excluding carboxylic acids is 1. The third-order valence-electron chi connectivity index (χ3n) is 6.31. The minimum Gasteiger partial charge on any atom is -1.00 e. The van der Waals surface area contributed by atoms with Crippen LogP contribution in [0.1, 0.15) is 35.0 Å². The number of carboxylic acids is 1. The van der Waals surface area contributed by atoms with Gasteiger partial charge in [-0.1, -0.05) is 54.6 Å². The molecule has 0 spiro atoms. The Bertz CT molecular complexity index is 1420. The molecule has 3 aromatic carbocycles. The van der Waals surface area contributed by atoms with Crippen LogP contribution in [0.2, 0.25) is 0 Å². The molecule has 1 atom stereocenters. The smallest absolute Gasteiger partial charge is 1.00 e. The standard InChI is InChI=1S/C31H31N3O4S.Li.H/c1-21-8-6-7-11-25(21)27-20-22(13-16-26(27)30(35)32-28(31(36)37)18-19-39-2)12-14-23-15-17-29(34-33-23)38-24-9-4-3-5-10-24;;/h3-11,13,15-17,20,28H,12,14,18-19H2,1-2H3,(H,32,35)(H,36,37);;/q;+1;-1. The van der Waals surface area contributed by atoms with Gasteiger partial charge in [0, 0.05) is 11.6 Å². The van der Waals surface area contributed by atoms with Crippen molar-refractivity contribution in [3.63, 3.8) is 0 Å². The van der Waals surface area contributed by atoms with Crippen molar-refractivity contribution in [2.75, 3.05) is 12.0 Å². The van der Waals surface area contributed by atoms with E-state index in [4.69, 9.17) is 4.74 Å². The van der Waals surface area contributed by atoms with Crippen molar-refractivity contribution >= 4 is 23.6 Å². The summed E-state index contributed by atoms with van der Waals surface area (Å²) in [7, 11) is 0. The van der Waals surface area contributed by atoms with Gasteiger partial charge in [0.25, 0.3) is 5.91 Å². The predicted octanol–water partition coefficient (Wildman–Crippen LogP) is 3.08. The van der Waals surface area contributed by atoms with E-state index in [0.717, 1.165) is 27.9 Å². The first-order valence-corrected chi connectivity index (χ1v) is 14.1. The molecule has 0 aliphatic rings. The Balaban J connectivity index is 0.00000294. The number of hydrogen-bond acceptors (Lipinski definition) is 6. The van der Waals surface area contributed by atoms with E-state index in [1.807, 2.05) is 86.0 Å². The van der Waals surface area contributed by atoms with Crippen LogP contribution in [0.15, 0.2) is 84.9 Å². The fourth-order valence-electron chi connectivity index (χ4n) is 4.19. The minimum absolute atomic E-state index is 0. The number of hydrogen-bond donors (Lipinski definition) is 2. The SMILES string of the molecule is CSCCC(NC(=O)c1ccc(CCc2ccc(Oc3ccccc3)nn2)cc1-c1ccccc1C)C(=O)O.[H-].[Li+]. The topological polar surface area (TPSA) is 101 Å². The van der Waals surface area contributed by atoms with E-state index < -0.39 is 17.9 Å². The molecule has 1 heterocycles. The monoisotopic (exact) mass is 549 g/mol. The van der Waals surface area contributed by atoms with E-state index in [1.165, 1.54) is 0 Å². The second-order valence-corrected chi connectivity index (χ2v) is 10.1. The quantitative estimate of drug-likeness (QED) is 0.262. The number of rotatable bonds is 12. The molecule has 202 valence electrons. The molecule has 1 amide bonds. The number of thioether (sulfide) groups is 1. The molecule has 4 aromatic rings. The van der Waals surface area contributed by atoms with Gasteiger partial charge in [0.1, 0.15) is 11.8 Å². The van der Waals surface area contributed by atoms with Crippen molar-refractivity contribution < 1.29 is 39.7 Å². The number of carbonyl (C=O) groups is 2. The second kappa shape index (κ2) is 15.3. The largest absolute Gasteiger partial charge is 1.00 e. The van der Waals surface area contributed by atoms with Gasteiger partial charge in [0.15, 0.2) is 0 Å². The third kappa shape index (κ3) is 8.46. The van der Waals surface area contributed by atoms with Gasteiger partial charge in [-0.05, 0) is 84.7 Å². The normalized spacial score (nSPS) is 11.2. The van der Waals surface area contributed by atoms with Gasteiger partial charge < -0.3 is 16.6 Å². The van der Waals surface area contributed by atoms with Crippen molar-refractivity contribution in [3.05, 3.63) is 107 Å². The second-order valence-electron chi connectivity index (χ2n) is 9.12. The summed E-state index contributed by atoms with van der Waals surface area (Å²) >= 11 is 1.55. The summed E-state index contributed by atoms with van der Waals surface area (Å²) in [5, 5.41) is 20.8. The van der Waals surface area contributed by atoms with Crippen LogP contribution in [0.5, 0.6) is 11.6 Å². The maximum absolute atomic E-state index is 13.3. The molecule has 9 heteroatoms. The number of ether oxygens (including phenoxy) is 1. The van der Waals surface area contributed by atoms with Crippen molar-refractivity contribution in [1.29, 1.82) is 0 Å². The molecule has 1 aromatic heterocycles. The molecule has 4 rings (SSSR count). The number of aryl methyl sites for hydroxylation is 3. The van der Waals surface area contributed by atoms with E-state index in [0.29, 0.717) is 42.2 Å². The summed E-state index contributed by atoms with van der Waals surface area (Å²) in [6.07, 6.45) is 3.62. The number of aliphatic carboxylic acids is 1. The van der Waals surface area contributed by atoms with E-state index in [-0.39, 0.29) is 20.3 Å². The maximum Gasteiger partial charge on any atom is 1.00 e. The number of para-hydroxylation sites is 1. The summed E-state index contributed by atoms with van der Waals surface area (Å²) in [6, 6.07) is 25.8. The zero-order valence-electron chi connectivity index (χ0n) is 24.0. The molecular formula is C31H32LiN3O4S. The van der Waals surface area contributed by atoms with Crippen molar-refractivity contribution in [2.45, 2.75) is 32.2 Å². The first-order chi connectivity index (χ1) is 18.9. The summed E-state index contributed by atoms with van der Waals surface area (Å²) in [4.78, 5) is 25.0. The fraction of sp³-hybridized carbons (Fsp3) is 0.226. The molecule has 0 fully saturated rings. The number of benzene rings is 3. The summed E-state index contributed by atoms with van der Waals surface area (Å²) in [5.41, 5.74) is 5.05. The summed E-state index contributed by atoms with van der Waals surface area (Å²) in [6.45, 7) is 2.00. The Morgan fingerprint density at radius 1 is 0.950 bits per heavy atom. The van der Waals surface area contributed by atoms with E-state index in [1.54, 1.807) is 23.9 Å². The summed E-state index contributed by atoms with van der Waals surface area (Å²) < 4.78 is 5.72. The number of nitrogens with one attached hydrogen (secondary N) is 1. The van der Waals surface area contributed by atoms with Crippen LogP contribution < -0.4 is 28.9 Å². The predicted molar refractivity (Wildman–Crippen MR) is 156 cm³/mol. The number of aromatic nitrogens is 2. The number of carboxylic acid groups (broad SMARTS) is 1. The maximum atomic E-state index is 13.3. The number of amides is 1. The van der Waals surface area contributed by atoms with Crippen LogP contribution in [0.25, 0.3) is 11.1 Å². The van der Waals surface area contributed by atoms with Crippen molar-refractivity contribution in [3.8, 4) is 22.8 Å². The Labute approximate surface area is 252 Å². The molecule has 0 radical (unpaired) electrons. The zero-order chi connectivity index (χ0) is 27.6. The van der Waals surface area contributed by atoms with E-state index in [2.05, 4.69) is 15.5 Å². The molecule has 0 bridgehead atoms. The first-order valence-electron chi connectivity index (χ1n) is 12.7. The summed E-state index contributed by atoms with van der Waals surface area (Å²) in [5.74, 6) is 0.343. The van der Waals surface area contributed by atoms with Gasteiger partial charge in [-0.25, -0.2) is 4.79 Å². The van der Waals surface area contributed by atoms with Crippen molar-refractivity contribution in [2.24, 2.45) is 0 Å². The Kier molecular flexibility index (Phi) is 11.8. The van der Waals surface area contributed by atoms with Gasteiger partial charge in [0.05, 0.1) is 5.69 Å². The molecule has 0 saturated carbocycles. The van der Waals surface area contributed by atoms with Crippen LogP contribution in [0, 0.1) is 6.92 Å². The molecule has 2 N–H and O–H groups in total. The molecular weight excluding hydrogens is 517 g/mol. The van der Waals surface area contributed by atoms with Gasteiger partial charge in [-0.3, -0.25) is 4.79 Å². The third-order valence-corrected chi connectivity index (χ3v) is 6.95. The zero-order valence-corrected chi connectivity index (χ0v) is 23.8. The number of nitrogens with zero attached hydrogens (tertiary/aromatic N) is 2. The molecule has 40 heavy (non-hydrogen) atoms. The molecule has 0 aliphatic carbocycles. The molecule has 1 unspecified atom stereocenters. The fourth-order valence-corrected chi connectivity index (χ4v) is 4.66. The van der Waals surface area contributed by atoms with Crippen LogP contribution in [-0.2, 0) is 17.6 Å². The van der Waals surface area contributed by atoms with Gasteiger partial charge in [0.2, 0.25) is 5.88 Å². The van der Waals surface area contributed by atoms with E-state index >= 15 is 0 Å². The van der Waals surface area contributed by atoms with E-state index in [9.17, 15) is 14.7 Å². The van der Waals surface area contributed by atoms with Crippen LogP contribution >= 0.6 is 11.8 Å². The Morgan fingerprint density at radius 3 is 2.38 bits per heavy atom. The molecule has 0 saturated heterocycles. The average molecular weight is 550 g/mol. The van der Waals surface area contributed by atoms with Gasteiger partial charge >= 0.3 is 24.8 Å². The molecule has 7 nitrogen and oxygen atoms in total.